The zero-order chi connectivity index (χ0) is 19.4. The maximum atomic E-state index is 11.4. The number of hydrogen-bond acceptors (Lipinski definition) is 5. The molecule has 2 rings (SSSR count). The predicted molar refractivity (Wildman–Crippen MR) is 99.6 cm³/mol. The lowest BCUT2D eigenvalue weighted by atomic mass is 10.1. The molecule has 0 aliphatic heterocycles. The second kappa shape index (κ2) is 11.4. The number of carbonyl (C=O) groups is 2. The number of anilines is 1. The summed E-state index contributed by atoms with van der Waals surface area (Å²) >= 11 is 0. The summed E-state index contributed by atoms with van der Waals surface area (Å²) in [7, 11) is 1.36. The molecule has 0 aliphatic rings. The molecule has 0 aliphatic carbocycles. The third kappa shape index (κ3) is 6.73. The van der Waals surface area contributed by atoms with Crippen LogP contribution in [0.2, 0.25) is 0 Å². The number of rotatable bonds is 6. The van der Waals surface area contributed by atoms with Crippen LogP contribution in [0.4, 0.5) is 5.69 Å². The Hall–Kier alpha value is -3.20. The first-order valence-corrected chi connectivity index (χ1v) is 8.41. The average molecular weight is 353 g/mol. The maximum Gasteiger partial charge on any atom is 0.337 e. The quantitative estimate of drug-likeness (QED) is 0.802. The van der Waals surface area contributed by atoms with Crippen LogP contribution in [0.1, 0.15) is 41.9 Å². The van der Waals surface area contributed by atoms with E-state index in [4.69, 9.17) is 5.26 Å². The largest absolute Gasteiger partial charge is 0.465 e. The molecule has 1 N–H and O–H groups in total. The molecule has 1 aromatic heterocycles. The van der Waals surface area contributed by atoms with Gasteiger partial charge in [-0.2, -0.15) is 5.26 Å². The SMILES string of the molecule is CC.COC(=O)c1ccc(CCc2ccc(NC(=O)CC#N)cn2)cc1. The molecule has 0 saturated carbocycles. The van der Waals surface area contributed by atoms with Gasteiger partial charge in [-0.3, -0.25) is 9.78 Å². The average Bonchev–Trinajstić information content (AvgIpc) is 2.69. The Bertz CT molecular complexity index is 747. The van der Waals surface area contributed by atoms with Crippen molar-refractivity contribution in [1.29, 1.82) is 5.26 Å². The Kier molecular flexibility index (Phi) is 9.12. The van der Waals surface area contributed by atoms with E-state index in [1.54, 1.807) is 30.5 Å². The molecule has 1 aromatic carbocycles. The second-order valence-corrected chi connectivity index (χ2v) is 5.11. The molecule has 2 aromatic rings. The monoisotopic (exact) mass is 353 g/mol. The number of amides is 1. The fourth-order valence-corrected chi connectivity index (χ4v) is 2.12. The van der Waals surface area contributed by atoms with E-state index in [2.05, 4.69) is 15.0 Å². The fourth-order valence-electron chi connectivity index (χ4n) is 2.12. The molecule has 6 heteroatoms. The highest BCUT2D eigenvalue weighted by molar-refractivity contribution is 5.91. The first kappa shape index (κ1) is 20.8. The number of esters is 1. The van der Waals surface area contributed by atoms with Gasteiger partial charge in [0.2, 0.25) is 5.91 Å². The van der Waals surface area contributed by atoms with Gasteiger partial charge in [-0.05, 0) is 42.7 Å². The van der Waals surface area contributed by atoms with Crippen molar-refractivity contribution in [3.8, 4) is 6.07 Å². The number of ether oxygens (including phenoxy) is 1. The molecule has 26 heavy (non-hydrogen) atoms. The number of hydrogen-bond donors (Lipinski definition) is 1. The minimum absolute atomic E-state index is 0.177. The summed E-state index contributed by atoms with van der Waals surface area (Å²) in [6, 6.07) is 12.7. The number of benzene rings is 1. The van der Waals surface area contributed by atoms with Gasteiger partial charge in [-0.15, -0.1) is 0 Å². The molecule has 0 fully saturated rings. The van der Waals surface area contributed by atoms with Gasteiger partial charge in [0.1, 0.15) is 6.42 Å². The molecule has 1 heterocycles. The smallest absolute Gasteiger partial charge is 0.337 e. The summed E-state index contributed by atoms with van der Waals surface area (Å²) < 4.78 is 4.66. The summed E-state index contributed by atoms with van der Waals surface area (Å²) in [4.78, 5) is 27.0. The zero-order valence-electron chi connectivity index (χ0n) is 15.3. The van der Waals surface area contributed by atoms with Crippen LogP contribution >= 0.6 is 0 Å². The molecular formula is C20H23N3O3. The maximum absolute atomic E-state index is 11.4. The van der Waals surface area contributed by atoms with Crippen molar-refractivity contribution in [3.63, 3.8) is 0 Å². The number of aryl methyl sites for hydroxylation is 2. The lowest BCUT2D eigenvalue weighted by molar-refractivity contribution is -0.115. The zero-order valence-corrected chi connectivity index (χ0v) is 15.3. The second-order valence-electron chi connectivity index (χ2n) is 5.11. The van der Waals surface area contributed by atoms with E-state index in [-0.39, 0.29) is 18.3 Å². The Labute approximate surface area is 153 Å². The topological polar surface area (TPSA) is 92.1 Å². The van der Waals surface area contributed by atoms with E-state index < -0.39 is 0 Å². The van der Waals surface area contributed by atoms with Crippen LogP contribution in [0.25, 0.3) is 0 Å². The van der Waals surface area contributed by atoms with Gasteiger partial charge >= 0.3 is 5.97 Å². The molecule has 6 nitrogen and oxygen atoms in total. The number of carbonyl (C=O) groups excluding carboxylic acids is 2. The molecule has 136 valence electrons. The normalized spacial score (nSPS) is 9.31. The van der Waals surface area contributed by atoms with Gasteiger partial charge in [-0.25, -0.2) is 4.79 Å². The molecule has 0 atom stereocenters. The Balaban J connectivity index is 0.00000163. The number of nitrogens with one attached hydrogen (secondary N) is 1. The molecular weight excluding hydrogens is 330 g/mol. The molecule has 0 radical (unpaired) electrons. The van der Waals surface area contributed by atoms with Gasteiger partial charge in [-0.1, -0.05) is 26.0 Å². The number of aromatic nitrogens is 1. The van der Waals surface area contributed by atoms with E-state index >= 15 is 0 Å². The number of nitrogens with zero attached hydrogens (tertiary/aromatic N) is 2. The molecule has 0 saturated heterocycles. The van der Waals surface area contributed by atoms with Crippen molar-refractivity contribution in [3.05, 3.63) is 59.4 Å². The minimum atomic E-state index is -0.350. The summed E-state index contributed by atoms with van der Waals surface area (Å²) in [5.74, 6) is -0.699. The van der Waals surface area contributed by atoms with E-state index in [0.29, 0.717) is 11.3 Å². The molecule has 0 bridgehead atoms. The highest BCUT2D eigenvalue weighted by atomic mass is 16.5. The van der Waals surface area contributed by atoms with E-state index in [9.17, 15) is 9.59 Å². The van der Waals surface area contributed by atoms with Gasteiger partial charge in [0, 0.05) is 5.69 Å². The van der Waals surface area contributed by atoms with Crippen LogP contribution in [0, 0.1) is 11.3 Å². The van der Waals surface area contributed by atoms with Crippen LogP contribution in [-0.2, 0) is 22.4 Å². The highest BCUT2D eigenvalue weighted by Gasteiger charge is 2.05. The van der Waals surface area contributed by atoms with Gasteiger partial charge < -0.3 is 10.1 Å². The van der Waals surface area contributed by atoms with Crippen molar-refractivity contribution >= 4 is 17.6 Å². The number of pyridine rings is 1. The first-order valence-electron chi connectivity index (χ1n) is 8.41. The van der Waals surface area contributed by atoms with E-state index in [1.807, 2.05) is 32.0 Å². The predicted octanol–water partition coefficient (Wildman–Crippen LogP) is 3.53. The summed E-state index contributed by atoms with van der Waals surface area (Å²) in [6.45, 7) is 4.00. The van der Waals surface area contributed by atoms with E-state index in [1.165, 1.54) is 7.11 Å². The van der Waals surface area contributed by atoms with Crippen molar-refractivity contribution in [2.24, 2.45) is 0 Å². The summed E-state index contributed by atoms with van der Waals surface area (Å²) in [5, 5.41) is 11.0. The molecule has 0 spiro atoms. The summed E-state index contributed by atoms with van der Waals surface area (Å²) in [6.07, 6.45) is 2.92. The number of nitriles is 1. The van der Waals surface area contributed by atoms with E-state index in [0.717, 1.165) is 24.1 Å². The standard InChI is InChI=1S/C18H17N3O3.C2H6/c1-24-18(23)14-5-2-13(3-6-14)4-7-15-8-9-16(12-20-15)21-17(22)10-11-19;1-2/h2-3,5-6,8-9,12H,4,7,10H2,1H3,(H,21,22);1-2H3. The van der Waals surface area contributed by atoms with Crippen LogP contribution < -0.4 is 5.32 Å². The lowest BCUT2D eigenvalue weighted by Gasteiger charge is -2.05. The third-order valence-electron chi connectivity index (χ3n) is 3.39. The fraction of sp³-hybridized carbons (Fsp3) is 0.300. The highest BCUT2D eigenvalue weighted by Crippen LogP contribution is 2.11. The van der Waals surface area contributed by atoms with Crippen LogP contribution in [0.5, 0.6) is 0 Å². The Morgan fingerprint density at radius 3 is 2.35 bits per heavy atom. The van der Waals surface area contributed by atoms with Gasteiger partial charge in [0.25, 0.3) is 0 Å². The molecule has 0 unspecified atom stereocenters. The van der Waals surface area contributed by atoms with Crippen LogP contribution in [0.3, 0.4) is 0 Å². The van der Waals surface area contributed by atoms with Gasteiger partial charge in [0.15, 0.2) is 0 Å². The van der Waals surface area contributed by atoms with Crippen LogP contribution in [0.15, 0.2) is 42.6 Å². The van der Waals surface area contributed by atoms with Crippen molar-refractivity contribution in [2.45, 2.75) is 33.1 Å². The lowest BCUT2D eigenvalue weighted by Crippen LogP contribution is -2.10. The molecule has 1 amide bonds. The van der Waals surface area contributed by atoms with Crippen molar-refractivity contribution in [1.82, 2.24) is 4.98 Å². The number of methoxy groups -OCH3 is 1. The van der Waals surface area contributed by atoms with Gasteiger partial charge in [0.05, 0.1) is 30.6 Å². The first-order chi connectivity index (χ1) is 12.6. The Morgan fingerprint density at radius 2 is 1.81 bits per heavy atom. The van der Waals surface area contributed by atoms with Crippen molar-refractivity contribution in [2.75, 3.05) is 12.4 Å². The minimum Gasteiger partial charge on any atom is -0.465 e. The van der Waals surface area contributed by atoms with Crippen molar-refractivity contribution < 1.29 is 14.3 Å². The summed E-state index contributed by atoms with van der Waals surface area (Å²) in [5.41, 5.74) is 3.08. The van der Waals surface area contributed by atoms with Crippen LogP contribution in [-0.4, -0.2) is 24.0 Å². The third-order valence-corrected chi connectivity index (χ3v) is 3.39. The Morgan fingerprint density at radius 1 is 1.12 bits per heavy atom.